The zero-order valence-electron chi connectivity index (χ0n) is 9.16. The Morgan fingerprint density at radius 3 is 2.59 bits per heavy atom. The van der Waals surface area contributed by atoms with E-state index in [1.54, 1.807) is 11.0 Å². The van der Waals surface area contributed by atoms with Crippen LogP contribution in [0.1, 0.15) is 18.4 Å². The molecule has 6 heteroatoms. The third-order valence-electron chi connectivity index (χ3n) is 2.81. The fourth-order valence-electron chi connectivity index (χ4n) is 1.84. The fourth-order valence-corrected chi connectivity index (χ4v) is 1.84. The van der Waals surface area contributed by atoms with Crippen LogP contribution in [0.3, 0.4) is 0 Å². The zero-order chi connectivity index (χ0) is 12.5. The second kappa shape index (κ2) is 4.17. The van der Waals surface area contributed by atoms with Crippen LogP contribution in [0.5, 0.6) is 0 Å². The molecule has 1 aliphatic heterocycles. The van der Waals surface area contributed by atoms with Crippen molar-refractivity contribution < 1.29 is 8.78 Å². The smallest absolute Gasteiger partial charge is 0.251 e. The molecule has 1 aromatic heterocycles. The first-order chi connectivity index (χ1) is 8.02. The van der Waals surface area contributed by atoms with Crippen molar-refractivity contribution in [2.24, 2.45) is 0 Å². The van der Waals surface area contributed by atoms with Crippen molar-refractivity contribution in [1.82, 2.24) is 4.98 Å². The number of hydrogen-bond acceptors (Lipinski definition) is 4. The number of nitriles is 1. The Labute approximate surface area is 97.7 Å². The second-order valence-corrected chi connectivity index (χ2v) is 4.06. The van der Waals surface area contributed by atoms with Crippen LogP contribution in [0.15, 0.2) is 12.1 Å². The highest BCUT2D eigenvalue weighted by atomic mass is 19.3. The van der Waals surface area contributed by atoms with Crippen LogP contribution in [-0.2, 0) is 0 Å². The minimum absolute atomic E-state index is 0.193. The van der Waals surface area contributed by atoms with Crippen LogP contribution >= 0.6 is 0 Å². The maximum absolute atomic E-state index is 13.0. The van der Waals surface area contributed by atoms with Gasteiger partial charge in [-0.05, 0) is 12.1 Å². The number of aromatic nitrogens is 1. The first-order valence-corrected chi connectivity index (χ1v) is 5.31. The largest absolute Gasteiger partial charge is 0.384 e. The summed E-state index contributed by atoms with van der Waals surface area (Å²) in [5, 5.41) is 8.94. The Morgan fingerprint density at radius 1 is 1.35 bits per heavy atom. The molecular formula is C11H12F2N4. The molecule has 0 aromatic carbocycles. The van der Waals surface area contributed by atoms with Gasteiger partial charge in [-0.15, -0.1) is 0 Å². The van der Waals surface area contributed by atoms with Gasteiger partial charge in [-0.3, -0.25) is 0 Å². The normalized spacial score (nSPS) is 18.8. The van der Waals surface area contributed by atoms with E-state index in [0.29, 0.717) is 11.4 Å². The molecule has 1 aliphatic rings. The van der Waals surface area contributed by atoms with Gasteiger partial charge in [0.15, 0.2) is 0 Å². The van der Waals surface area contributed by atoms with Gasteiger partial charge in [-0.1, -0.05) is 0 Å². The minimum Gasteiger partial charge on any atom is -0.384 e. The summed E-state index contributed by atoms with van der Waals surface area (Å²) in [6.07, 6.45) is -0.428. The van der Waals surface area contributed by atoms with E-state index in [-0.39, 0.29) is 31.7 Å². The summed E-state index contributed by atoms with van der Waals surface area (Å²) in [6, 6.07) is 5.08. The number of halogens is 2. The minimum atomic E-state index is -2.61. The van der Waals surface area contributed by atoms with Gasteiger partial charge in [-0.25, -0.2) is 13.8 Å². The highest BCUT2D eigenvalue weighted by molar-refractivity contribution is 5.57. The molecule has 0 aliphatic carbocycles. The molecule has 0 saturated carbocycles. The number of nitrogens with two attached hydrogens (primary N) is 1. The van der Waals surface area contributed by atoms with Gasteiger partial charge in [0.2, 0.25) is 0 Å². The van der Waals surface area contributed by atoms with Gasteiger partial charge in [0.1, 0.15) is 17.7 Å². The Balaban J connectivity index is 2.24. The Kier molecular flexibility index (Phi) is 2.84. The van der Waals surface area contributed by atoms with Crippen molar-refractivity contribution in [1.29, 1.82) is 5.26 Å². The van der Waals surface area contributed by atoms with Crippen molar-refractivity contribution in [2.75, 3.05) is 23.7 Å². The molecule has 0 atom stereocenters. The SMILES string of the molecule is N#Cc1ccc(N)nc1N1CCC(F)(F)CC1. The van der Waals surface area contributed by atoms with E-state index in [4.69, 9.17) is 11.0 Å². The molecule has 4 nitrogen and oxygen atoms in total. The van der Waals surface area contributed by atoms with E-state index in [9.17, 15) is 8.78 Å². The molecule has 90 valence electrons. The van der Waals surface area contributed by atoms with Crippen molar-refractivity contribution in [3.05, 3.63) is 17.7 Å². The molecule has 2 heterocycles. The lowest BCUT2D eigenvalue weighted by Gasteiger charge is -2.32. The van der Waals surface area contributed by atoms with Crippen molar-refractivity contribution >= 4 is 11.6 Å². The number of pyridine rings is 1. The maximum Gasteiger partial charge on any atom is 0.251 e. The predicted molar refractivity (Wildman–Crippen MR) is 59.8 cm³/mol. The fraction of sp³-hybridized carbons (Fsp3) is 0.455. The molecule has 2 rings (SSSR count). The number of nitrogens with zero attached hydrogens (tertiary/aromatic N) is 3. The average Bonchev–Trinajstić information content (AvgIpc) is 2.29. The molecule has 0 bridgehead atoms. The first-order valence-electron chi connectivity index (χ1n) is 5.31. The lowest BCUT2D eigenvalue weighted by Crippen LogP contribution is -2.40. The first kappa shape index (κ1) is 11.6. The molecule has 0 spiro atoms. The highest BCUT2D eigenvalue weighted by Gasteiger charge is 2.34. The summed E-state index contributed by atoms with van der Waals surface area (Å²) < 4.78 is 26.0. The predicted octanol–water partition coefficient (Wildman–Crippen LogP) is 1.77. The molecule has 1 fully saturated rings. The lowest BCUT2D eigenvalue weighted by atomic mass is 10.1. The Hall–Kier alpha value is -1.90. The highest BCUT2D eigenvalue weighted by Crippen LogP contribution is 2.31. The summed E-state index contributed by atoms with van der Waals surface area (Å²) in [7, 11) is 0. The van der Waals surface area contributed by atoms with Gasteiger partial charge in [0, 0.05) is 25.9 Å². The summed E-state index contributed by atoms with van der Waals surface area (Å²) in [5.74, 6) is -1.91. The van der Waals surface area contributed by atoms with Crippen LogP contribution < -0.4 is 10.6 Å². The van der Waals surface area contributed by atoms with Crippen molar-refractivity contribution in [2.45, 2.75) is 18.8 Å². The molecular weight excluding hydrogens is 226 g/mol. The number of hydrogen-bond donors (Lipinski definition) is 1. The van der Waals surface area contributed by atoms with Crippen LogP contribution in [0, 0.1) is 11.3 Å². The van der Waals surface area contributed by atoms with E-state index in [1.165, 1.54) is 6.07 Å². The molecule has 2 N–H and O–H groups in total. The van der Waals surface area contributed by atoms with Crippen LogP contribution in [0.2, 0.25) is 0 Å². The van der Waals surface area contributed by atoms with E-state index in [2.05, 4.69) is 4.98 Å². The Morgan fingerprint density at radius 2 is 2.00 bits per heavy atom. The standard InChI is InChI=1S/C11H12F2N4/c12-11(13)3-5-17(6-4-11)10-8(7-14)1-2-9(15)16-10/h1-2H,3-6H2,(H2,15,16). The van der Waals surface area contributed by atoms with E-state index in [0.717, 1.165) is 0 Å². The lowest BCUT2D eigenvalue weighted by molar-refractivity contribution is -0.0221. The van der Waals surface area contributed by atoms with E-state index < -0.39 is 5.92 Å². The van der Waals surface area contributed by atoms with Crippen LogP contribution in [-0.4, -0.2) is 24.0 Å². The van der Waals surface area contributed by atoms with Gasteiger partial charge in [-0.2, -0.15) is 5.26 Å². The monoisotopic (exact) mass is 238 g/mol. The Bertz CT molecular complexity index is 457. The maximum atomic E-state index is 13.0. The second-order valence-electron chi connectivity index (χ2n) is 4.06. The number of rotatable bonds is 1. The van der Waals surface area contributed by atoms with E-state index >= 15 is 0 Å². The van der Waals surface area contributed by atoms with Gasteiger partial charge in [0.25, 0.3) is 5.92 Å². The molecule has 1 aromatic rings. The number of piperidine rings is 1. The summed E-state index contributed by atoms with van der Waals surface area (Å²) in [4.78, 5) is 5.74. The summed E-state index contributed by atoms with van der Waals surface area (Å²) >= 11 is 0. The average molecular weight is 238 g/mol. The third kappa shape index (κ3) is 2.44. The number of nitrogen functional groups attached to an aromatic ring is 1. The number of anilines is 2. The zero-order valence-corrected chi connectivity index (χ0v) is 9.16. The van der Waals surface area contributed by atoms with Crippen LogP contribution in [0.25, 0.3) is 0 Å². The topological polar surface area (TPSA) is 65.9 Å². The van der Waals surface area contributed by atoms with Gasteiger partial charge < -0.3 is 10.6 Å². The summed E-state index contributed by atoms with van der Waals surface area (Å²) in [5.41, 5.74) is 5.91. The molecule has 0 amide bonds. The van der Waals surface area contributed by atoms with Crippen LogP contribution in [0.4, 0.5) is 20.4 Å². The molecule has 17 heavy (non-hydrogen) atoms. The quantitative estimate of drug-likeness (QED) is 0.809. The van der Waals surface area contributed by atoms with Crippen molar-refractivity contribution in [3.8, 4) is 6.07 Å². The third-order valence-corrected chi connectivity index (χ3v) is 2.81. The molecule has 1 saturated heterocycles. The molecule has 0 radical (unpaired) electrons. The summed E-state index contributed by atoms with van der Waals surface area (Å²) in [6.45, 7) is 0.385. The van der Waals surface area contributed by atoms with E-state index in [1.807, 2.05) is 6.07 Å². The van der Waals surface area contributed by atoms with Crippen molar-refractivity contribution in [3.63, 3.8) is 0 Å². The van der Waals surface area contributed by atoms with Gasteiger partial charge in [0.05, 0.1) is 5.56 Å². The van der Waals surface area contributed by atoms with Gasteiger partial charge >= 0.3 is 0 Å². The number of alkyl halides is 2. The molecule has 0 unspecified atom stereocenters.